The first-order chi connectivity index (χ1) is 21.6. The Kier molecular flexibility index (Phi) is 6.59. The molecule has 0 saturated carbocycles. The molecule has 0 spiro atoms. The molecule has 0 bridgehead atoms. The number of rotatable bonds is 6. The van der Waals surface area contributed by atoms with Crippen LogP contribution in [0.15, 0.2) is 149 Å². The fourth-order valence-corrected chi connectivity index (χ4v) is 6.80. The Balaban J connectivity index is 1.16. The fraction of sp³-hybridized carbons (Fsp3) is 0.0789. The van der Waals surface area contributed by atoms with Crippen molar-refractivity contribution in [2.75, 3.05) is 10.1 Å². The van der Waals surface area contributed by atoms with E-state index in [4.69, 9.17) is 9.92 Å². The van der Waals surface area contributed by atoms with Gasteiger partial charge in [0, 0.05) is 26.8 Å². The van der Waals surface area contributed by atoms with Crippen molar-refractivity contribution in [2.24, 2.45) is 0 Å². The van der Waals surface area contributed by atoms with E-state index in [-0.39, 0.29) is 0 Å². The predicted molar refractivity (Wildman–Crippen MR) is 181 cm³/mol. The molecule has 1 aliphatic heterocycles. The number of hydrogen-bond donors (Lipinski definition) is 0. The highest BCUT2D eigenvalue weighted by molar-refractivity contribution is 7.99. The molecule has 0 N–H and O–H groups in total. The first kappa shape index (κ1) is 26.6. The number of para-hydroxylation sites is 4. The fourth-order valence-electron chi connectivity index (χ4n) is 5.90. The Labute approximate surface area is 260 Å². The van der Waals surface area contributed by atoms with E-state index >= 15 is 0 Å². The minimum Gasteiger partial charge on any atom is -0.294 e. The number of aromatic nitrogens is 2. The lowest BCUT2D eigenvalue weighted by Gasteiger charge is -2.20. The van der Waals surface area contributed by atoms with Crippen molar-refractivity contribution < 1.29 is 4.94 Å². The van der Waals surface area contributed by atoms with Crippen LogP contribution in [0.2, 0.25) is 0 Å². The summed E-state index contributed by atoms with van der Waals surface area (Å²) in [6.45, 7) is 4.44. The largest absolute Gasteiger partial charge is 0.294 e. The maximum atomic E-state index is 6.44. The van der Waals surface area contributed by atoms with Gasteiger partial charge >= 0.3 is 0 Å². The number of nitrogens with zero attached hydrogens (tertiary/aromatic N) is 4. The molecule has 0 atom stereocenters. The van der Waals surface area contributed by atoms with Crippen LogP contribution < -0.4 is 10.1 Å². The minimum absolute atomic E-state index is 0.426. The Hall–Kier alpha value is -5.04. The first-order valence-electron chi connectivity index (χ1n) is 14.8. The lowest BCUT2D eigenvalue weighted by Crippen LogP contribution is -2.20. The van der Waals surface area contributed by atoms with Gasteiger partial charge in [-0.1, -0.05) is 86.3 Å². The molecular formula is C38H30N4OS. The molecule has 0 amide bonds. The van der Waals surface area contributed by atoms with Gasteiger partial charge in [0.25, 0.3) is 0 Å². The maximum Gasteiger partial charge on any atom is 0.137 e. The molecule has 5 nitrogen and oxygen atoms in total. The van der Waals surface area contributed by atoms with Crippen LogP contribution in [-0.2, 0) is 4.94 Å². The summed E-state index contributed by atoms with van der Waals surface area (Å²) in [6, 6.07) is 46.6. The molecule has 0 aliphatic carbocycles. The van der Waals surface area contributed by atoms with Gasteiger partial charge in [0.2, 0.25) is 0 Å². The summed E-state index contributed by atoms with van der Waals surface area (Å²) >= 11 is 1.75. The van der Waals surface area contributed by atoms with Crippen molar-refractivity contribution in [3.05, 3.63) is 145 Å². The number of hydrogen-bond acceptors (Lipinski definition) is 5. The molecule has 6 heteroatoms. The van der Waals surface area contributed by atoms with Gasteiger partial charge in [-0.15, -0.1) is 4.94 Å². The number of anilines is 4. The summed E-state index contributed by atoms with van der Waals surface area (Å²) in [6.07, 6.45) is 1.92. The Morgan fingerprint density at radius 3 is 2.09 bits per heavy atom. The third-order valence-corrected chi connectivity index (χ3v) is 9.05. The number of benzene rings is 5. The van der Waals surface area contributed by atoms with E-state index in [1.807, 2.05) is 46.7 Å². The topological polar surface area (TPSA) is 33.5 Å². The highest BCUT2D eigenvalue weighted by atomic mass is 32.2. The van der Waals surface area contributed by atoms with Crippen molar-refractivity contribution in [2.45, 2.75) is 29.6 Å². The van der Waals surface area contributed by atoms with Crippen molar-refractivity contribution in [3.8, 4) is 5.82 Å². The summed E-state index contributed by atoms with van der Waals surface area (Å²) in [7, 11) is 0. The van der Waals surface area contributed by atoms with Crippen LogP contribution in [0.3, 0.4) is 0 Å². The van der Waals surface area contributed by atoms with E-state index in [0.717, 1.165) is 49.4 Å². The molecule has 0 unspecified atom stereocenters. The molecule has 0 saturated heterocycles. The minimum atomic E-state index is 0.426. The zero-order valence-electron chi connectivity index (χ0n) is 24.5. The summed E-state index contributed by atoms with van der Waals surface area (Å²) in [5, 5.41) is 6.23. The molecule has 8 rings (SSSR count). The van der Waals surface area contributed by atoms with Gasteiger partial charge in [0.05, 0.1) is 33.8 Å². The van der Waals surface area contributed by atoms with E-state index in [1.165, 1.54) is 16.3 Å². The van der Waals surface area contributed by atoms with Crippen molar-refractivity contribution in [1.82, 2.24) is 9.55 Å². The monoisotopic (exact) mass is 590 g/mol. The summed E-state index contributed by atoms with van der Waals surface area (Å²) in [5.74, 6) is 1.37. The smallest absolute Gasteiger partial charge is 0.137 e. The molecule has 1 aliphatic rings. The Morgan fingerprint density at radius 1 is 0.591 bits per heavy atom. The zero-order chi connectivity index (χ0) is 29.6. The second-order valence-electron chi connectivity index (χ2n) is 11.2. The van der Waals surface area contributed by atoms with E-state index < -0.39 is 0 Å². The van der Waals surface area contributed by atoms with Crippen molar-refractivity contribution in [1.29, 1.82) is 0 Å². The average Bonchev–Trinajstić information content (AvgIpc) is 3.61. The number of pyridine rings is 1. The molecule has 0 radical (unpaired) electrons. The second kappa shape index (κ2) is 10.9. The average molecular weight is 591 g/mol. The highest BCUT2D eigenvalue weighted by Gasteiger charge is 2.30. The molecule has 7 aromatic rings. The van der Waals surface area contributed by atoms with Crippen LogP contribution in [0, 0.1) is 0 Å². The van der Waals surface area contributed by atoms with Gasteiger partial charge in [-0.05, 0) is 84.3 Å². The van der Waals surface area contributed by atoms with Crippen LogP contribution in [0.5, 0.6) is 0 Å². The third kappa shape index (κ3) is 4.60. The van der Waals surface area contributed by atoms with Gasteiger partial charge in [0.1, 0.15) is 5.82 Å². The van der Waals surface area contributed by atoms with E-state index in [0.29, 0.717) is 5.92 Å². The van der Waals surface area contributed by atoms with Crippen LogP contribution in [0.1, 0.15) is 25.3 Å². The lowest BCUT2D eigenvalue weighted by atomic mass is 10.1. The Morgan fingerprint density at radius 2 is 1.27 bits per heavy atom. The summed E-state index contributed by atoms with van der Waals surface area (Å²) in [4.78, 5) is 13.5. The van der Waals surface area contributed by atoms with Crippen molar-refractivity contribution in [3.63, 3.8) is 0 Å². The third-order valence-electron chi connectivity index (χ3n) is 8.07. The maximum absolute atomic E-state index is 6.44. The standard InChI is InChI=1S/C38H30N4OS/c1-26(2)27-21-22-39-38(23-27)40-34-16-7-6-15-32(34)33-20-19-31(25-37(33)40)44-30-14-10-13-29(24-30)42-36-18-9-8-17-35(36)41(43-42)28-11-4-3-5-12-28/h3-26H,1-2H3. The molecule has 44 heavy (non-hydrogen) atoms. The normalized spacial score (nSPS) is 12.9. The second-order valence-corrected chi connectivity index (χ2v) is 12.4. The van der Waals surface area contributed by atoms with E-state index in [1.54, 1.807) is 11.8 Å². The molecular weight excluding hydrogens is 561 g/mol. The van der Waals surface area contributed by atoms with E-state index in [9.17, 15) is 0 Å². The highest BCUT2D eigenvalue weighted by Crippen LogP contribution is 2.46. The van der Waals surface area contributed by atoms with Crippen LogP contribution >= 0.6 is 11.8 Å². The van der Waals surface area contributed by atoms with Gasteiger partial charge in [-0.2, -0.15) is 10.1 Å². The van der Waals surface area contributed by atoms with Gasteiger partial charge < -0.3 is 0 Å². The SMILES string of the molecule is CC(C)c1ccnc(-n2c3ccccc3c3ccc(Sc4cccc(N5ON(c6ccccc6)c6ccccc65)c4)cc32)c1. The van der Waals surface area contributed by atoms with Gasteiger partial charge in [-0.25, -0.2) is 4.98 Å². The van der Waals surface area contributed by atoms with Gasteiger partial charge in [0.15, 0.2) is 0 Å². The van der Waals surface area contributed by atoms with E-state index in [2.05, 4.69) is 122 Å². The lowest BCUT2D eigenvalue weighted by molar-refractivity contribution is 0.156. The summed E-state index contributed by atoms with van der Waals surface area (Å²) < 4.78 is 2.30. The molecule has 5 aromatic carbocycles. The van der Waals surface area contributed by atoms with Crippen LogP contribution in [-0.4, -0.2) is 9.55 Å². The zero-order valence-corrected chi connectivity index (χ0v) is 25.3. The molecule has 2 aromatic heterocycles. The van der Waals surface area contributed by atoms with Gasteiger partial charge in [-0.3, -0.25) is 4.57 Å². The molecule has 3 heterocycles. The first-order valence-corrected chi connectivity index (χ1v) is 15.7. The number of fused-ring (bicyclic) bond motifs is 4. The van der Waals surface area contributed by atoms with Crippen LogP contribution in [0.25, 0.3) is 27.6 Å². The quantitative estimate of drug-likeness (QED) is 0.192. The molecule has 214 valence electrons. The molecule has 0 fully saturated rings. The predicted octanol–water partition coefficient (Wildman–Crippen LogP) is 10.6. The Bertz CT molecular complexity index is 2140. The summed E-state index contributed by atoms with van der Waals surface area (Å²) in [5.41, 5.74) is 7.53. The van der Waals surface area contributed by atoms with Crippen LogP contribution in [0.4, 0.5) is 22.7 Å². The van der Waals surface area contributed by atoms with Crippen molar-refractivity contribution >= 4 is 56.3 Å².